The average Bonchev–Trinajstić information content (AvgIpc) is 2.28. The van der Waals surface area contributed by atoms with Crippen molar-refractivity contribution in [1.29, 1.82) is 0 Å². The van der Waals surface area contributed by atoms with Crippen LogP contribution in [0.25, 0.3) is 0 Å². The quantitative estimate of drug-likeness (QED) is 0.731. The Morgan fingerprint density at radius 2 is 2.06 bits per heavy atom. The van der Waals surface area contributed by atoms with Gasteiger partial charge in [0.25, 0.3) is 0 Å². The fourth-order valence-corrected chi connectivity index (χ4v) is 1.99. The molecule has 0 aliphatic rings. The molecule has 0 fully saturated rings. The Bertz CT molecular complexity index is 361. The van der Waals surface area contributed by atoms with Gasteiger partial charge < -0.3 is 15.3 Å². The Labute approximate surface area is 106 Å². The van der Waals surface area contributed by atoms with Crippen molar-refractivity contribution < 1.29 is 5.11 Å². The monoisotopic (exact) mass is 257 g/mol. The normalized spacial score (nSPS) is 12.3. The first kappa shape index (κ1) is 14.0. The minimum atomic E-state index is 0.179. The van der Waals surface area contributed by atoms with Gasteiger partial charge in [0.05, 0.1) is 0 Å². The van der Waals surface area contributed by atoms with E-state index in [1.54, 1.807) is 18.8 Å². The van der Waals surface area contributed by atoms with Gasteiger partial charge >= 0.3 is 0 Å². The third-order valence-electron chi connectivity index (χ3n) is 2.07. The molecule has 0 aromatic carbocycles. The second-order valence-corrected chi connectivity index (χ2v) is 5.23. The molecule has 0 bridgehead atoms. The molecule has 1 aromatic heterocycles. The molecule has 0 aliphatic carbocycles. The number of aliphatic hydroxyl groups is 1. The molecule has 0 spiro atoms. The lowest BCUT2D eigenvalue weighted by atomic mass is 10.4. The van der Waals surface area contributed by atoms with Crippen LogP contribution >= 0.6 is 11.8 Å². The van der Waals surface area contributed by atoms with Gasteiger partial charge in [0, 0.05) is 33.0 Å². The van der Waals surface area contributed by atoms with Gasteiger partial charge in [-0.3, -0.25) is 0 Å². The summed E-state index contributed by atoms with van der Waals surface area (Å²) < 4.78 is 0. The number of thioether (sulfide) groups is 1. The molecule has 1 aromatic rings. The van der Waals surface area contributed by atoms with Crippen molar-refractivity contribution in [3.8, 4) is 0 Å². The van der Waals surface area contributed by atoms with Crippen LogP contribution in [0.1, 0.15) is 13.3 Å². The van der Waals surface area contributed by atoms with E-state index >= 15 is 0 Å². The molecule has 1 unspecified atom stereocenters. The van der Waals surface area contributed by atoms with E-state index in [9.17, 15) is 0 Å². The summed E-state index contributed by atoms with van der Waals surface area (Å²) in [4.78, 5) is 14.7. The molecule has 0 saturated heterocycles. The van der Waals surface area contributed by atoms with Crippen molar-refractivity contribution in [3.05, 3.63) is 0 Å². The number of aliphatic hydroxyl groups excluding tert-OH is 1. The van der Waals surface area contributed by atoms with Crippen molar-refractivity contribution in [2.75, 3.05) is 38.0 Å². The lowest BCUT2D eigenvalue weighted by Crippen LogP contribution is -2.15. The molecule has 2 N–H and O–H groups in total. The fourth-order valence-electron chi connectivity index (χ4n) is 1.13. The number of anilines is 2. The smallest absolute Gasteiger partial charge is 0.230 e. The topological polar surface area (TPSA) is 74.2 Å². The van der Waals surface area contributed by atoms with E-state index in [0.717, 1.165) is 6.42 Å². The fraction of sp³-hybridized carbons (Fsp3) is 0.700. The van der Waals surface area contributed by atoms with E-state index in [0.29, 0.717) is 17.1 Å². The molecule has 17 heavy (non-hydrogen) atoms. The Kier molecular flexibility index (Phi) is 5.43. The third-order valence-corrected chi connectivity index (χ3v) is 3.10. The van der Waals surface area contributed by atoms with Gasteiger partial charge in [-0.1, -0.05) is 18.7 Å². The van der Waals surface area contributed by atoms with Crippen LogP contribution in [-0.4, -0.2) is 53.1 Å². The molecule has 1 heterocycles. The van der Waals surface area contributed by atoms with Gasteiger partial charge in [-0.15, -0.1) is 0 Å². The lowest BCUT2D eigenvalue weighted by molar-refractivity contribution is 0.289. The molecular weight excluding hydrogens is 238 g/mol. The minimum absolute atomic E-state index is 0.179. The molecule has 6 nitrogen and oxygen atoms in total. The van der Waals surface area contributed by atoms with Gasteiger partial charge in [0.1, 0.15) is 0 Å². The molecule has 1 atom stereocenters. The average molecular weight is 257 g/mol. The van der Waals surface area contributed by atoms with E-state index in [1.165, 1.54) is 0 Å². The van der Waals surface area contributed by atoms with E-state index in [2.05, 4.69) is 20.3 Å². The largest absolute Gasteiger partial charge is 0.396 e. The molecule has 0 saturated carbocycles. The van der Waals surface area contributed by atoms with E-state index in [-0.39, 0.29) is 11.9 Å². The van der Waals surface area contributed by atoms with E-state index < -0.39 is 0 Å². The van der Waals surface area contributed by atoms with Crippen LogP contribution in [0.15, 0.2) is 5.16 Å². The first-order valence-electron chi connectivity index (χ1n) is 5.45. The Hall–Kier alpha value is -1.08. The highest BCUT2D eigenvalue weighted by molar-refractivity contribution is 7.99. The van der Waals surface area contributed by atoms with Gasteiger partial charge in [-0.05, 0) is 6.42 Å². The maximum atomic E-state index is 8.87. The highest BCUT2D eigenvalue weighted by atomic mass is 32.2. The summed E-state index contributed by atoms with van der Waals surface area (Å²) in [6, 6.07) is 0. The Morgan fingerprint density at radius 3 is 2.59 bits per heavy atom. The standard InChI is InChI=1S/C10H19N5OS/c1-7(5-6-16)17-10-13-8(11-2)12-9(14-10)15(3)4/h7,16H,5-6H2,1-4H3,(H,11,12,13,14). The summed E-state index contributed by atoms with van der Waals surface area (Å²) in [5.41, 5.74) is 0. The second-order valence-electron chi connectivity index (χ2n) is 3.83. The van der Waals surface area contributed by atoms with Gasteiger partial charge in [0.15, 0.2) is 5.16 Å². The summed E-state index contributed by atoms with van der Waals surface area (Å²) >= 11 is 1.54. The zero-order valence-electron chi connectivity index (χ0n) is 10.6. The summed E-state index contributed by atoms with van der Waals surface area (Å²) in [6.45, 7) is 2.22. The zero-order chi connectivity index (χ0) is 12.8. The molecule has 1 rings (SSSR count). The number of hydrogen-bond donors (Lipinski definition) is 2. The highest BCUT2D eigenvalue weighted by Gasteiger charge is 2.11. The van der Waals surface area contributed by atoms with Crippen molar-refractivity contribution in [2.24, 2.45) is 0 Å². The van der Waals surface area contributed by atoms with Gasteiger partial charge in [-0.25, -0.2) is 0 Å². The summed E-state index contributed by atoms with van der Waals surface area (Å²) in [7, 11) is 5.56. The number of nitrogens with zero attached hydrogens (tertiary/aromatic N) is 4. The summed E-state index contributed by atoms with van der Waals surface area (Å²) in [5.74, 6) is 1.19. The second kappa shape index (κ2) is 6.61. The molecular formula is C10H19N5OS. The first-order chi connectivity index (χ1) is 8.06. The van der Waals surface area contributed by atoms with Crippen LogP contribution in [0.4, 0.5) is 11.9 Å². The predicted octanol–water partition coefficient (Wildman–Crippen LogP) is 0.842. The van der Waals surface area contributed by atoms with Gasteiger partial charge in [0.2, 0.25) is 11.9 Å². The summed E-state index contributed by atoms with van der Waals surface area (Å²) in [5, 5.41) is 12.7. The lowest BCUT2D eigenvalue weighted by Gasteiger charge is -2.13. The van der Waals surface area contributed by atoms with Crippen LogP contribution in [0, 0.1) is 0 Å². The molecule has 7 heteroatoms. The molecule has 0 amide bonds. The van der Waals surface area contributed by atoms with E-state index in [1.807, 2.05) is 25.9 Å². The predicted molar refractivity (Wildman–Crippen MR) is 70.7 cm³/mol. The maximum Gasteiger partial charge on any atom is 0.230 e. The first-order valence-corrected chi connectivity index (χ1v) is 6.33. The van der Waals surface area contributed by atoms with Crippen LogP contribution in [0.5, 0.6) is 0 Å². The highest BCUT2D eigenvalue weighted by Crippen LogP contribution is 2.23. The van der Waals surface area contributed by atoms with Crippen molar-refractivity contribution in [3.63, 3.8) is 0 Å². The van der Waals surface area contributed by atoms with Crippen LogP contribution in [0.2, 0.25) is 0 Å². The van der Waals surface area contributed by atoms with Crippen LogP contribution in [-0.2, 0) is 0 Å². The van der Waals surface area contributed by atoms with Gasteiger partial charge in [-0.2, -0.15) is 15.0 Å². The Balaban J connectivity index is 2.87. The van der Waals surface area contributed by atoms with Crippen LogP contribution in [0.3, 0.4) is 0 Å². The number of rotatable bonds is 6. The number of aromatic nitrogens is 3. The van der Waals surface area contributed by atoms with Crippen molar-refractivity contribution in [1.82, 2.24) is 15.0 Å². The number of nitrogens with one attached hydrogen (secondary N) is 1. The third kappa shape index (κ3) is 4.35. The molecule has 0 radical (unpaired) electrons. The molecule has 96 valence electrons. The van der Waals surface area contributed by atoms with Crippen LogP contribution < -0.4 is 10.2 Å². The number of hydrogen-bond acceptors (Lipinski definition) is 7. The van der Waals surface area contributed by atoms with Crippen molar-refractivity contribution >= 4 is 23.7 Å². The minimum Gasteiger partial charge on any atom is -0.396 e. The summed E-state index contributed by atoms with van der Waals surface area (Å²) in [6.07, 6.45) is 0.725. The SMILES string of the molecule is CNc1nc(SC(C)CCO)nc(N(C)C)n1. The maximum absolute atomic E-state index is 8.87. The molecule has 0 aliphatic heterocycles. The Morgan fingerprint density at radius 1 is 1.35 bits per heavy atom. The van der Waals surface area contributed by atoms with Crippen molar-refractivity contribution in [2.45, 2.75) is 23.8 Å². The zero-order valence-corrected chi connectivity index (χ0v) is 11.5. The van der Waals surface area contributed by atoms with E-state index in [4.69, 9.17) is 5.11 Å².